The van der Waals surface area contributed by atoms with Gasteiger partial charge >= 0.3 is 6.03 Å². The number of benzene rings is 1. The molecule has 2 atom stereocenters. The van der Waals surface area contributed by atoms with E-state index in [1.165, 1.54) is 19.1 Å². The van der Waals surface area contributed by atoms with Crippen LogP contribution in [0.15, 0.2) is 18.2 Å². The summed E-state index contributed by atoms with van der Waals surface area (Å²) in [5.41, 5.74) is 6.27. The van der Waals surface area contributed by atoms with E-state index < -0.39 is 23.9 Å². The molecular formula is C14H20FN3O3. The Bertz CT molecular complexity index is 520. The second-order valence-corrected chi connectivity index (χ2v) is 4.59. The van der Waals surface area contributed by atoms with Crippen molar-refractivity contribution in [3.63, 3.8) is 0 Å². The van der Waals surface area contributed by atoms with Crippen molar-refractivity contribution in [2.75, 3.05) is 6.54 Å². The minimum atomic E-state index is -1.01. The van der Waals surface area contributed by atoms with Gasteiger partial charge < -0.3 is 15.8 Å². The Hall–Kier alpha value is -2.15. The Balaban J connectivity index is 2.68. The van der Waals surface area contributed by atoms with Gasteiger partial charge in [-0.1, -0.05) is 6.07 Å². The third-order valence-corrected chi connectivity index (χ3v) is 2.73. The third kappa shape index (κ3) is 5.03. The van der Waals surface area contributed by atoms with E-state index >= 15 is 0 Å². The number of rotatable bonds is 5. The Morgan fingerprint density at radius 3 is 2.57 bits per heavy atom. The molecule has 0 bridgehead atoms. The van der Waals surface area contributed by atoms with Crippen LogP contribution in [0.1, 0.15) is 32.4 Å². The molecule has 7 heteroatoms. The van der Waals surface area contributed by atoms with Crippen LogP contribution in [-0.2, 0) is 4.79 Å². The van der Waals surface area contributed by atoms with Crippen LogP contribution in [0.2, 0.25) is 0 Å². The second-order valence-electron chi connectivity index (χ2n) is 4.59. The van der Waals surface area contributed by atoms with Crippen molar-refractivity contribution in [3.05, 3.63) is 29.6 Å². The number of amides is 3. The highest BCUT2D eigenvalue weighted by atomic mass is 19.1. The van der Waals surface area contributed by atoms with Crippen LogP contribution in [0.4, 0.5) is 9.18 Å². The van der Waals surface area contributed by atoms with Gasteiger partial charge in [0.1, 0.15) is 0 Å². The molecule has 4 N–H and O–H groups in total. The predicted octanol–water partition coefficient (Wildman–Crippen LogP) is 1.46. The molecule has 21 heavy (non-hydrogen) atoms. The van der Waals surface area contributed by atoms with Gasteiger partial charge in [0.2, 0.25) is 0 Å². The zero-order valence-electron chi connectivity index (χ0n) is 12.3. The lowest BCUT2D eigenvalue weighted by Crippen LogP contribution is -2.45. The molecule has 0 aliphatic rings. The van der Waals surface area contributed by atoms with E-state index in [2.05, 4.69) is 10.6 Å². The van der Waals surface area contributed by atoms with Gasteiger partial charge in [-0.05, 0) is 38.5 Å². The first-order valence-corrected chi connectivity index (χ1v) is 6.65. The van der Waals surface area contributed by atoms with Gasteiger partial charge in [-0.3, -0.25) is 10.1 Å². The molecule has 1 aromatic carbocycles. The number of nitrogens with one attached hydrogen (secondary N) is 2. The van der Waals surface area contributed by atoms with Crippen molar-refractivity contribution in [3.8, 4) is 5.75 Å². The molecule has 0 radical (unpaired) electrons. The molecule has 1 rings (SSSR count). The van der Waals surface area contributed by atoms with Crippen molar-refractivity contribution in [1.29, 1.82) is 0 Å². The zero-order valence-corrected chi connectivity index (χ0v) is 12.3. The molecule has 0 saturated heterocycles. The SMILES string of the molecule is CCNC(=O)NC(=O)C(C)Oc1ccc([C@H](C)N)cc1F. The topological polar surface area (TPSA) is 93.5 Å². The minimum Gasteiger partial charge on any atom is -0.478 e. The molecule has 116 valence electrons. The second kappa shape index (κ2) is 7.58. The summed E-state index contributed by atoms with van der Waals surface area (Å²) in [4.78, 5) is 22.9. The first kappa shape index (κ1) is 16.9. The van der Waals surface area contributed by atoms with Crippen LogP contribution in [-0.4, -0.2) is 24.6 Å². The Labute approximate surface area is 122 Å². The van der Waals surface area contributed by atoms with Gasteiger partial charge in [0.05, 0.1) is 0 Å². The molecule has 0 aliphatic carbocycles. The van der Waals surface area contributed by atoms with Crippen LogP contribution in [0.5, 0.6) is 5.75 Å². The normalized spacial score (nSPS) is 13.2. The number of carbonyl (C=O) groups is 2. The van der Waals surface area contributed by atoms with Crippen molar-refractivity contribution in [2.24, 2.45) is 5.73 Å². The highest BCUT2D eigenvalue weighted by Gasteiger charge is 2.19. The lowest BCUT2D eigenvalue weighted by atomic mass is 10.1. The van der Waals surface area contributed by atoms with Gasteiger partial charge in [0.25, 0.3) is 5.91 Å². The molecule has 0 aromatic heterocycles. The number of urea groups is 1. The summed E-state index contributed by atoms with van der Waals surface area (Å²) in [5.74, 6) is -1.34. The van der Waals surface area contributed by atoms with E-state index in [0.29, 0.717) is 12.1 Å². The molecule has 0 spiro atoms. The Morgan fingerprint density at radius 1 is 1.38 bits per heavy atom. The monoisotopic (exact) mass is 297 g/mol. The summed E-state index contributed by atoms with van der Waals surface area (Å²) in [5, 5.41) is 4.51. The zero-order chi connectivity index (χ0) is 16.0. The summed E-state index contributed by atoms with van der Waals surface area (Å²) in [7, 11) is 0. The number of ether oxygens (including phenoxy) is 1. The summed E-state index contributed by atoms with van der Waals surface area (Å²) >= 11 is 0. The van der Waals surface area contributed by atoms with Gasteiger partial charge in [-0.2, -0.15) is 0 Å². The van der Waals surface area contributed by atoms with Crippen LogP contribution in [0.25, 0.3) is 0 Å². The summed E-state index contributed by atoms with van der Waals surface area (Å²) in [6, 6.07) is 3.37. The fourth-order valence-electron chi connectivity index (χ4n) is 1.56. The molecule has 0 aliphatic heterocycles. The van der Waals surface area contributed by atoms with E-state index in [1.807, 2.05) is 0 Å². The van der Waals surface area contributed by atoms with Crippen LogP contribution in [0.3, 0.4) is 0 Å². The van der Waals surface area contributed by atoms with Crippen LogP contribution < -0.4 is 21.1 Å². The number of halogens is 1. The van der Waals surface area contributed by atoms with Gasteiger partial charge in [0, 0.05) is 12.6 Å². The third-order valence-electron chi connectivity index (χ3n) is 2.73. The van der Waals surface area contributed by atoms with Crippen molar-refractivity contribution >= 4 is 11.9 Å². The Kier molecular flexibility index (Phi) is 6.10. The van der Waals surface area contributed by atoms with Gasteiger partial charge in [-0.15, -0.1) is 0 Å². The van der Waals surface area contributed by atoms with Crippen LogP contribution in [0, 0.1) is 5.82 Å². The smallest absolute Gasteiger partial charge is 0.321 e. The fourth-order valence-corrected chi connectivity index (χ4v) is 1.56. The van der Waals surface area contributed by atoms with Gasteiger partial charge in [0.15, 0.2) is 17.7 Å². The first-order valence-electron chi connectivity index (χ1n) is 6.65. The average molecular weight is 297 g/mol. The quantitative estimate of drug-likeness (QED) is 0.767. The highest BCUT2D eigenvalue weighted by Crippen LogP contribution is 2.22. The molecular weight excluding hydrogens is 277 g/mol. The maximum atomic E-state index is 13.8. The van der Waals surface area contributed by atoms with Crippen molar-refractivity contribution in [1.82, 2.24) is 10.6 Å². The summed E-state index contributed by atoms with van der Waals surface area (Å²) in [6.45, 7) is 5.27. The van der Waals surface area contributed by atoms with Crippen molar-refractivity contribution < 1.29 is 18.7 Å². The lowest BCUT2D eigenvalue weighted by Gasteiger charge is -2.15. The number of nitrogens with two attached hydrogens (primary N) is 1. The van der Waals surface area contributed by atoms with E-state index in [1.54, 1.807) is 19.9 Å². The van der Waals surface area contributed by atoms with Gasteiger partial charge in [-0.25, -0.2) is 9.18 Å². The molecule has 1 unspecified atom stereocenters. The van der Waals surface area contributed by atoms with E-state index in [-0.39, 0.29) is 11.8 Å². The maximum absolute atomic E-state index is 13.8. The standard InChI is InChI=1S/C14H20FN3O3/c1-4-17-14(20)18-13(19)9(3)21-12-6-5-10(8(2)16)7-11(12)15/h5-9H,4,16H2,1-3H3,(H2,17,18,19,20)/t8-,9?/m0/s1. The predicted molar refractivity (Wildman–Crippen MR) is 76.3 cm³/mol. The lowest BCUT2D eigenvalue weighted by molar-refractivity contribution is -0.126. The molecule has 1 aromatic rings. The molecule has 6 nitrogen and oxygen atoms in total. The number of hydrogen-bond donors (Lipinski definition) is 3. The van der Waals surface area contributed by atoms with E-state index in [9.17, 15) is 14.0 Å². The largest absolute Gasteiger partial charge is 0.478 e. The molecule has 0 saturated carbocycles. The minimum absolute atomic E-state index is 0.0713. The van der Waals surface area contributed by atoms with E-state index in [0.717, 1.165) is 0 Å². The molecule has 0 fully saturated rings. The maximum Gasteiger partial charge on any atom is 0.321 e. The number of hydrogen-bond acceptors (Lipinski definition) is 4. The van der Waals surface area contributed by atoms with E-state index in [4.69, 9.17) is 10.5 Å². The first-order chi connectivity index (χ1) is 9.85. The van der Waals surface area contributed by atoms with Crippen molar-refractivity contribution in [2.45, 2.75) is 32.9 Å². The summed E-state index contributed by atoms with van der Waals surface area (Å²) in [6.07, 6.45) is -1.01. The highest BCUT2D eigenvalue weighted by molar-refractivity contribution is 5.96. The molecule has 0 heterocycles. The average Bonchev–Trinajstić information content (AvgIpc) is 2.40. The summed E-state index contributed by atoms with van der Waals surface area (Å²) < 4.78 is 19.0. The Morgan fingerprint density at radius 2 is 2.05 bits per heavy atom. The number of carbonyl (C=O) groups excluding carboxylic acids is 2. The fraction of sp³-hybridized carbons (Fsp3) is 0.429. The molecule has 3 amide bonds. The number of imide groups is 1. The van der Waals surface area contributed by atoms with Crippen LogP contribution >= 0.6 is 0 Å².